The van der Waals surface area contributed by atoms with E-state index in [1.807, 2.05) is 61.6 Å². The van der Waals surface area contributed by atoms with Crippen molar-refractivity contribution in [2.24, 2.45) is 7.05 Å². The predicted octanol–water partition coefficient (Wildman–Crippen LogP) is 3.84. The highest BCUT2D eigenvalue weighted by Crippen LogP contribution is 2.30. The van der Waals surface area contributed by atoms with Crippen LogP contribution in [0.1, 0.15) is 22.2 Å². The van der Waals surface area contributed by atoms with E-state index in [2.05, 4.69) is 30.7 Å². The van der Waals surface area contributed by atoms with Gasteiger partial charge in [-0.1, -0.05) is 30.3 Å². The zero-order valence-electron chi connectivity index (χ0n) is 18.9. The molecule has 3 heterocycles. The number of aromatic nitrogens is 5. The van der Waals surface area contributed by atoms with Gasteiger partial charge < -0.3 is 15.6 Å². The Morgan fingerprint density at radius 2 is 1.86 bits per heavy atom. The first kappa shape index (κ1) is 22.6. The first-order valence-electron chi connectivity index (χ1n) is 11.1. The minimum atomic E-state index is -2.47. The smallest absolute Gasteiger partial charge is 0.287 e. The lowest BCUT2D eigenvalue weighted by Gasteiger charge is -2.19. The Morgan fingerprint density at radius 3 is 2.60 bits per heavy atom. The van der Waals surface area contributed by atoms with Gasteiger partial charge >= 0.3 is 0 Å². The lowest BCUT2D eigenvalue weighted by molar-refractivity contribution is 0.0925. The molecule has 178 valence electrons. The van der Waals surface area contributed by atoms with Gasteiger partial charge in [0, 0.05) is 36.9 Å². The van der Waals surface area contributed by atoms with E-state index in [1.54, 1.807) is 17.1 Å². The first-order valence-corrected chi connectivity index (χ1v) is 11.1. The Balaban J connectivity index is 1.44. The summed E-state index contributed by atoms with van der Waals surface area (Å²) >= 11 is 0. The number of fused-ring (bicyclic) bond motifs is 2. The highest BCUT2D eigenvalue weighted by molar-refractivity contribution is 6.02. The summed E-state index contributed by atoms with van der Waals surface area (Å²) in [6, 6.07) is 16.3. The Hall–Kier alpha value is -4.18. The molecule has 1 amide bonds. The number of imidazole rings is 1. The van der Waals surface area contributed by atoms with E-state index in [0.29, 0.717) is 11.0 Å². The molecule has 0 radical (unpaired) electrons. The SMILES string of the molecule is Cn1nc(-c2ccncc2)c2cc3nc(C(=O)N[C@H](CNCC(F)F)c4ccccc4)[nH]c3cc21. The fraction of sp³-hybridized carbons (Fsp3) is 0.200. The molecule has 1 atom stereocenters. The molecule has 0 bridgehead atoms. The van der Waals surface area contributed by atoms with Gasteiger partial charge in [0.15, 0.2) is 5.82 Å². The molecule has 0 aliphatic heterocycles. The first-order chi connectivity index (χ1) is 17.0. The van der Waals surface area contributed by atoms with E-state index in [9.17, 15) is 13.6 Å². The van der Waals surface area contributed by atoms with Crippen molar-refractivity contribution in [2.45, 2.75) is 12.5 Å². The van der Waals surface area contributed by atoms with Crippen LogP contribution in [0.5, 0.6) is 0 Å². The van der Waals surface area contributed by atoms with Crippen LogP contribution in [0.2, 0.25) is 0 Å². The number of hydrogen-bond donors (Lipinski definition) is 3. The second-order valence-corrected chi connectivity index (χ2v) is 8.17. The molecule has 0 aliphatic rings. The van der Waals surface area contributed by atoms with Crippen molar-refractivity contribution in [3.63, 3.8) is 0 Å². The van der Waals surface area contributed by atoms with Gasteiger partial charge in [-0.05, 0) is 29.8 Å². The van der Waals surface area contributed by atoms with Crippen LogP contribution in [0.15, 0.2) is 67.0 Å². The number of aromatic amines is 1. The van der Waals surface area contributed by atoms with Crippen LogP contribution >= 0.6 is 0 Å². The van der Waals surface area contributed by atoms with Gasteiger partial charge in [-0.2, -0.15) is 5.10 Å². The normalized spacial score (nSPS) is 12.5. The van der Waals surface area contributed by atoms with Gasteiger partial charge in [-0.3, -0.25) is 14.5 Å². The molecule has 0 aliphatic carbocycles. The molecule has 0 fully saturated rings. The number of aryl methyl sites for hydroxylation is 1. The Morgan fingerprint density at radius 1 is 1.09 bits per heavy atom. The summed E-state index contributed by atoms with van der Waals surface area (Å²) < 4.78 is 27.0. The molecule has 2 aromatic carbocycles. The van der Waals surface area contributed by atoms with E-state index in [0.717, 1.165) is 27.7 Å². The lowest BCUT2D eigenvalue weighted by atomic mass is 10.1. The number of carbonyl (C=O) groups is 1. The predicted molar refractivity (Wildman–Crippen MR) is 129 cm³/mol. The number of pyridine rings is 1. The second kappa shape index (κ2) is 9.59. The maximum atomic E-state index is 13.1. The number of alkyl halides is 2. The molecule has 35 heavy (non-hydrogen) atoms. The second-order valence-electron chi connectivity index (χ2n) is 8.17. The topological polar surface area (TPSA) is 101 Å². The largest absolute Gasteiger partial charge is 0.341 e. The molecule has 3 aromatic heterocycles. The fourth-order valence-corrected chi connectivity index (χ4v) is 4.09. The summed E-state index contributed by atoms with van der Waals surface area (Å²) in [5.74, 6) is -0.283. The standard InChI is InChI=1S/C25H23F2N7O/c1-34-21-12-19-18(11-17(21)23(33-34)16-7-9-28-10-8-16)30-24(31-19)25(35)32-20(13-29-14-22(26)27)15-5-3-2-4-6-15/h2-12,20,22,29H,13-14H2,1H3,(H,30,31)(H,32,35)/t20-/m1/s1. The van der Waals surface area contributed by atoms with E-state index in [4.69, 9.17) is 0 Å². The zero-order valence-corrected chi connectivity index (χ0v) is 18.9. The number of carbonyl (C=O) groups excluding carboxylic acids is 1. The fourth-order valence-electron chi connectivity index (χ4n) is 4.09. The summed E-state index contributed by atoms with van der Waals surface area (Å²) in [5, 5.41) is 11.2. The molecule has 10 heteroatoms. The van der Waals surface area contributed by atoms with Crippen LogP contribution in [-0.4, -0.2) is 50.2 Å². The Kier molecular flexibility index (Phi) is 6.19. The van der Waals surface area contributed by atoms with Crippen molar-refractivity contribution < 1.29 is 13.6 Å². The van der Waals surface area contributed by atoms with Gasteiger partial charge in [-0.15, -0.1) is 0 Å². The third-order valence-electron chi connectivity index (χ3n) is 5.78. The summed E-state index contributed by atoms with van der Waals surface area (Å²) in [5.41, 5.74) is 4.74. The zero-order chi connectivity index (χ0) is 24.4. The van der Waals surface area contributed by atoms with E-state index >= 15 is 0 Å². The monoisotopic (exact) mass is 475 g/mol. The van der Waals surface area contributed by atoms with E-state index in [1.165, 1.54) is 0 Å². The van der Waals surface area contributed by atoms with Crippen molar-refractivity contribution in [3.8, 4) is 11.3 Å². The molecule has 8 nitrogen and oxygen atoms in total. The van der Waals surface area contributed by atoms with Gasteiger partial charge in [-0.25, -0.2) is 13.8 Å². The van der Waals surface area contributed by atoms with E-state index in [-0.39, 0.29) is 12.4 Å². The van der Waals surface area contributed by atoms with Crippen LogP contribution in [0.3, 0.4) is 0 Å². The molecular formula is C25H23F2N7O. The Bertz CT molecular complexity index is 1470. The van der Waals surface area contributed by atoms with Crippen molar-refractivity contribution >= 4 is 27.8 Å². The van der Waals surface area contributed by atoms with Crippen LogP contribution in [0.4, 0.5) is 8.78 Å². The summed E-state index contributed by atoms with van der Waals surface area (Å²) in [7, 11) is 1.86. The van der Waals surface area contributed by atoms with Crippen molar-refractivity contribution in [1.29, 1.82) is 0 Å². The van der Waals surface area contributed by atoms with Crippen LogP contribution in [0.25, 0.3) is 33.2 Å². The average molecular weight is 476 g/mol. The molecule has 3 N–H and O–H groups in total. The molecule has 0 saturated heterocycles. The van der Waals surface area contributed by atoms with E-state index < -0.39 is 24.9 Å². The summed E-state index contributed by atoms with van der Waals surface area (Å²) in [6.45, 7) is -0.296. The van der Waals surface area contributed by atoms with Crippen molar-refractivity contribution in [2.75, 3.05) is 13.1 Å². The van der Waals surface area contributed by atoms with Crippen LogP contribution in [0, 0.1) is 0 Å². The van der Waals surface area contributed by atoms with Crippen molar-refractivity contribution in [3.05, 3.63) is 78.4 Å². The maximum Gasteiger partial charge on any atom is 0.287 e. The molecule has 0 spiro atoms. The molecule has 5 rings (SSSR count). The molecule has 5 aromatic rings. The number of halogens is 2. The minimum Gasteiger partial charge on any atom is -0.341 e. The minimum absolute atomic E-state index is 0.142. The van der Waals surface area contributed by atoms with Crippen LogP contribution < -0.4 is 10.6 Å². The number of benzene rings is 2. The number of hydrogen-bond acceptors (Lipinski definition) is 5. The van der Waals surface area contributed by atoms with Gasteiger partial charge in [0.05, 0.1) is 29.1 Å². The molecule has 0 unspecified atom stereocenters. The van der Waals surface area contributed by atoms with Gasteiger partial charge in [0.25, 0.3) is 12.3 Å². The summed E-state index contributed by atoms with van der Waals surface area (Å²) in [4.78, 5) is 24.7. The quantitative estimate of drug-likeness (QED) is 0.317. The number of nitrogens with one attached hydrogen (secondary N) is 3. The van der Waals surface area contributed by atoms with Crippen LogP contribution in [-0.2, 0) is 7.05 Å². The maximum absolute atomic E-state index is 13.1. The number of H-pyrrole nitrogens is 1. The Labute approximate surface area is 199 Å². The molecular weight excluding hydrogens is 452 g/mol. The third-order valence-corrected chi connectivity index (χ3v) is 5.78. The summed E-state index contributed by atoms with van der Waals surface area (Å²) in [6.07, 6.45) is 0.952. The number of amides is 1. The average Bonchev–Trinajstić information content (AvgIpc) is 3.43. The molecule has 0 saturated carbocycles. The highest BCUT2D eigenvalue weighted by atomic mass is 19.3. The van der Waals surface area contributed by atoms with Crippen molar-refractivity contribution in [1.82, 2.24) is 35.4 Å². The van der Waals surface area contributed by atoms with Gasteiger partial charge in [0.1, 0.15) is 5.69 Å². The number of rotatable bonds is 8. The highest BCUT2D eigenvalue weighted by Gasteiger charge is 2.20. The third kappa shape index (κ3) is 4.73. The lowest BCUT2D eigenvalue weighted by Crippen LogP contribution is -2.37. The number of nitrogens with zero attached hydrogens (tertiary/aromatic N) is 4. The van der Waals surface area contributed by atoms with Gasteiger partial charge in [0.2, 0.25) is 0 Å².